The molecule has 1 aliphatic rings. The normalized spacial score (nSPS) is 14.7. The van der Waals surface area contributed by atoms with Crippen molar-refractivity contribution in [3.8, 4) is 0 Å². The summed E-state index contributed by atoms with van der Waals surface area (Å²) < 4.78 is 4.96. The van der Waals surface area contributed by atoms with Gasteiger partial charge in [0, 0.05) is 5.92 Å². The molecule has 92 valence electrons. The summed E-state index contributed by atoms with van der Waals surface area (Å²) in [6.45, 7) is 3.89. The summed E-state index contributed by atoms with van der Waals surface area (Å²) in [5.41, 5.74) is 0.0973. The highest BCUT2D eigenvalue weighted by atomic mass is 16.5. The van der Waals surface area contributed by atoms with E-state index >= 15 is 0 Å². The van der Waals surface area contributed by atoms with E-state index in [0.717, 1.165) is 19.3 Å². The molecule has 2 rings (SSSR count). The fourth-order valence-corrected chi connectivity index (χ4v) is 1.67. The third-order valence-electron chi connectivity index (χ3n) is 2.72. The molecule has 0 aliphatic heterocycles. The second-order valence-electron chi connectivity index (χ2n) is 4.32. The molecular weight excluding hydrogens is 220 g/mol. The van der Waals surface area contributed by atoms with Gasteiger partial charge in [-0.3, -0.25) is 4.79 Å². The fraction of sp³-hybridized carbons (Fsp3) is 0.583. The third kappa shape index (κ3) is 2.54. The number of carbonyl (C=O) groups excluding carboxylic acids is 1. The highest BCUT2D eigenvalue weighted by Crippen LogP contribution is 2.37. The summed E-state index contributed by atoms with van der Waals surface area (Å²) in [4.78, 5) is 30.4. The summed E-state index contributed by atoms with van der Waals surface area (Å²) in [6.07, 6.45) is 2.85. The summed E-state index contributed by atoms with van der Waals surface area (Å²) >= 11 is 0. The van der Waals surface area contributed by atoms with Crippen molar-refractivity contribution in [1.29, 1.82) is 0 Å². The van der Waals surface area contributed by atoms with Crippen LogP contribution >= 0.6 is 0 Å². The van der Waals surface area contributed by atoms with Crippen LogP contribution in [0.4, 0.5) is 0 Å². The quantitative estimate of drug-likeness (QED) is 0.804. The molecule has 0 unspecified atom stereocenters. The first-order valence-corrected chi connectivity index (χ1v) is 5.91. The lowest BCUT2D eigenvalue weighted by molar-refractivity contribution is 0.0501. The van der Waals surface area contributed by atoms with Gasteiger partial charge in [0.2, 0.25) is 0 Å². The minimum Gasteiger partial charge on any atom is -0.462 e. The van der Waals surface area contributed by atoms with Gasteiger partial charge in [-0.2, -0.15) is 0 Å². The van der Waals surface area contributed by atoms with Crippen LogP contribution in [0.1, 0.15) is 54.0 Å². The van der Waals surface area contributed by atoms with E-state index in [1.165, 1.54) is 0 Å². The van der Waals surface area contributed by atoms with Crippen molar-refractivity contribution in [3.05, 3.63) is 27.4 Å². The largest absolute Gasteiger partial charge is 0.462 e. The molecule has 0 atom stereocenters. The number of ether oxygens (including phenoxy) is 1. The van der Waals surface area contributed by atoms with Crippen LogP contribution in [-0.4, -0.2) is 22.5 Å². The number of nitrogens with zero attached hydrogens (tertiary/aromatic N) is 1. The Bertz CT molecular complexity index is 489. The topological polar surface area (TPSA) is 72.0 Å². The van der Waals surface area contributed by atoms with E-state index in [-0.39, 0.29) is 11.1 Å². The summed E-state index contributed by atoms with van der Waals surface area (Å²) in [5.74, 6) is 0.474. The smallest absolute Gasteiger partial charge is 0.345 e. The first-order valence-electron chi connectivity index (χ1n) is 5.91. The monoisotopic (exact) mass is 236 g/mol. The maximum absolute atomic E-state index is 11.8. The van der Waals surface area contributed by atoms with Gasteiger partial charge < -0.3 is 9.72 Å². The Labute approximate surface area is 99.2 Å². The number of esters is 1. The maximum atomic E-state index is 11.8. The molecule has 0 aromatic carbocycles. The molecule has 0 radical (unpaired) electrons. The SMILES string of the molecule is CCCOC(=O)c1c(C)nc(C2CC2)[nH]c1=O. The average molecular weight is 236 g/mol. The van der Waals surface area contributed by atoms with Gasteiger partial charge in [0.25, 0.3) is 5.56 Å². The lowest BCUT2D eigenvalue weighted by atomic mass is 10.2. The molecule has 1 heterocycles. The van der Waals surface area contributed by atoms with Gasteiger partial charge in [-0.25, -0.2) is 9.78 Å². The number of carbonyl (C=O) groups is 1. The van der Waals surface area contributed by atoms with Crippen molar-refractivity contribution >= 4 is 5.97 Å². The number of hydrogen-bond acceptors (Lipinski definition) is 4. The molecule has 1 fully saturated rings. The molecule has 5 nitrogen and oxygen atoms in total. The van der Waals surface area contributed by atoms with Crippen LogP contribution in [-0.2, 0) is 4.74 Å². The number of aryl methyl sites for hydroxylation is 1. The van der Waals surface area contributed by atoms with Gasteiger partial charge in [-0.1, -0.05) is 6.92 Å². The fourth-order valence-electron chi connectivity index (χ4n) is 1.67. The highest BCUT2D eigenvalue weighted by molar-refractivity contribution is 5.90. The van der Waals surface area contributed by atoms with Crippen molar-refractivity contribution in [3.63, 3.8) is 0 Å². The molecule has 1 aliphatic carbocycles. The zero-order chi connectivity index (χ0) is 12.4. The Balaban J connectivity index is 2.28. The first kappa shape index (κ1) is 11.8. The Morgan fingerprint density at radius 3 is 2.76 bits per heavy atom. The molecule has 0 bridgehead atoms. The molecule has 17 heavy (non-hydrogen) atoms. The van der Waals surface area contributed by atoms with Crippen LogP contribution in [0.2, 0.25) is 0 Å². The van der Waals surface area contributed by atoms with Gasteiger partial charge in [-0.05, 0) is 26.2 Å². The minimum absolute atomic E-state index is 0.0304. The van der Waals surface area contributed by atoms with E-state index in [0.29, 0.717) is 24.0 Å². The molecular formula is C12H16N2O3. The Kier molecular flexibility index (Phi) is 3.26. The summed E-state index contributed by atoms with van der Waals surface area (Å²) in [7, 11) is 0. The Morgan fingerprint density at radius 1 is 1.53 bits per heavy atom. The van der Waals surface area contributed by atoms with Crippen LogP contribution in [0.3, 0.4) is 0 Å². The van der Waals surface area contributed by atoms with Crippen molar-refractivity contribution < 1.29 is 9.53 Å². The Morgan fingerprint density at radius 2 is 2.24 bits per heavy atom. The standard InChI is InChI=1S/C12H16N2O3/c1-3-6-17-12(16)9-7(2)13-10(8-4-5-8)14-11(9)15/h8H,3-6H2,1-2H3,(H,13,14,15). The molecule has 0 spiro atoms. The van der Waals surface area contributed by atoms with Crippen molar-refractivity contribution in [2.45, 2.75) is 39.0 Å². The van der Waals surface area contributed by atoms with Gasteiger partial charge in [0.05, 0.1) is 12.3 Å². The van der Waals surface area contributed by atoms with Crippen molar-refractivity contribution in [1.82, 2.24) is 9.97 Å². The minimum atomic E-state index is -0.583. The second kappa shape index (κ2) is 4.69. The van der Waals surface area contributed by atoms with Crippen molar-refractivity contribution in [2.24, 2.45) is 0 Å². The predicted molar refractivity (Wildman–Crippen MR) is 62.1 cm³/mol. The maximum Gasteiger partial charge on any atom is 0.345 e. The first-order chi connectivity index (χ1) is 8.13. The van der Waals surface area contributed by atoms with Crippen LogP contribution in [0.5, 0.6) is 0 Å². The number of aromatic amines is 1. The van der Waals surface area contributed by atoms with Gasteiger partial charge in [0.15, 0.2) is 0 Å². The number of hydrogen-bond donors (Lipinski definition) is 1. The lowest BCUT2D eigenvalue weighted by Gasteiger charge is -2.06. The van der Waals surface area contributed by atoms with Gasteiger partial charge in [0.1, 0.15) is 11.4 Å². The van der Waals surface area contributed by atoms with E-state index in [1.807, 2.05) is 6.92 Å². The number of nitrogens with one attached hydrogen (secondary N) is 1. The molecule has 1 N–H and O–H groups in total. The second-order valence-corrected chi connectivity index (χ2v) is 4.32. The van der Waals surface area contributed by atoms with Gasteiger partial charge in [-0.15, -0.1) is 0 Å². The van der Waals surface area contributed by atoms with Crippen molar-refractivity contribution in [2.75, 3.05) is 6.61 Å². The van der Waals surface area contributed by atoms with Crippen LogP contribution in [0, 0.1) is 6.92 Å². The van der Waals surface area contributed by atoms with E-state index in [4.69, 9.17) is 4.74 Å². The molecule has 1 saturated carbocycles. The average Bonchev–Trinajstić information content (AvgIpc) is 3.08. The zero-order valence-electron chi connectivity index (χ0n) is 10.1. The van der Waals surface area contributed by atoms with E-state index in [2.05, 4.69) is 9.97 Å². The molecule has 0 saturated heterocycles. The summed E-state index contributed by atoms with van der Waals surface area (Å²) in [5, 5.41) is 0. The number of aromatic nitrogens is 2. The van der Waals surface area contributed by atoms with Gasteiger partial charge >= 0.3 is 5.97 Å². The molecule has 1 aromatic rings. The third-order valence-corrected chi connectivity index (χ3v) is 2.72. The molecule has 0 amide bonds. The zero-order valence-corrected chi connectivity index (χ0v) is 10.1. The van der Waals surface area contributed by atoms with Crippen LogP contribution < -0.4 is 5.56 Å². The van der Waals surface area contributed by atoms with Crippen LogP contribution in [0.15, 0.2) is 4.79 Å². The predicted octanol–water partition coefficient (Wildman–Crippen LogP) is 1.52. The lowest BCUT2D eigenvalue weighted by Crippen LogP contribution is -2.24. The highest BCUT2D eigenvalue weighted by Gasteiger charge is 2.28. The number of rotatable bonds is 4. The summed E-state index contributed by atoms with van der Waals surface area (Å²) in [6, 6.07) is 0. The van der Waals surface area contributed by atoms with E-state index in [9.17, 15) is 9.59 Å². The number of H-pyrrole nitrogens is 1. The van der Waals surface area contributed by atoms with E-state index < -0.39 is 5.97 Å². The van der Waals surface area contributed by atoms with Crippen LogP contribution in [0.25, 0.3) is 0 Å². The Hall–Kier alpha value is -1.65. The van der Waals surface area contributed by atoms with E-state index in [1.54, 1.807) is 6.92 Å². The molecule has 1 aromatic heterocycles. The molecule has 5 heteroatoms.